The maximum Gasteiger partial charge on any atom is 0.335 e. The standard InChI is InChI=1S/C12H14N2O4/c1-2-13(9-4-5-9)10-6-3-8(12(15)16)7-11(10)14(17)18/h3,6-7,9H,2,4-5H2,1H3,(H,15,16). The molecule has 18 heavy (non-hydrogen) atoms. The number of hydrogen-bond acceptors (Lipinski definition) is 4. The van der Waals surface area contributed by atoms with E-state index in [1.165, 1.54) is 12.1 Å². The maximum absolute atomic E-state index is 11.0. The third-order valence-electron chi connectivity index (χ3n) is 3.06. The van der Waals surface area contributed by atoms with Crippen LogP contribution in [0, 0.1) is 10.1 Å². The number of carbonyl (C=O) groups is 1. The summed E-state index contributed by atoms with van der Waals surface area (Å²) in [4.78, 5) is 23.3. The second kappa shape index (κ2) is 4.64. The number of rotatable bonds is 5. The molecule has 1 aromatic rings. The normalized spacial score (nSPS) is 14.3. The van der Waals surface area contributed by atoms with Crippen molar-refractivity contribution < 1.29 is 14.8 Å². The minimum atomic E-state index is -1.15. The van der Waals surface area contributed by atoms with Crippen LogP contribution in [0.15, 0.2) is 18.2 Å². The summed E-state index contributed by atoms with van der Waals surface area (Å²) in [5, 5.41) is 19.9. The molecule has 0 heterocycles. The lowest BCUT2D eigenvalue weighted by atomic mass is 10.1. The molecule has 1 fully saturated rings. The second-order valence-corrected chi connectivity index (χ2v) is 4.28. The molecule has 0 unspecified atom stereocenters. The number of carboxylic acids is 1. The van der Waals surface area contributed by atoms with Crippen molar-refractivity contribution in [2.24, 2.45) is 0 Å². The number of nitro groups is 1. The van der Waals surface area contributed by atoms with Crippen LogP contribution in [-0.4, -0.2) is 28.6 Å². The second-order valence-electron chi connectivity index (χ2n) is 4.28. The number of carboxylic acid groups (broad SMARTS) is 1. The SMILES string of the molecule is CCN(c1ccc(C(=O)O)cc1[N+](=O)[O-])C1CC1. The molecule has 6 nitrogen and oxygen atoms in total. The van der Waals surface area contributed by atoms with E-state index in [1.54, 1.807) is 0 Å². The van der Waals surface area contributed by atoms with E-state index in [-0.39, 0.29) is 11.3 Å². The van der Waals surface area contributed by atoms with Gasteiger partial charge in [0.15, 0.2) is 0 Å². The Kier molecular flexibility index (Phi) is 3.18. The van der Waals surface area contributed by atoms with Gasteiger partial charge in [0.1, 0.15) is 5.69 Å². The van der Waals surface area contributed by atoms with Gasteiger partial charge in [-0.3, -0.25) is 10.1 Å². The molecule has 1 aliphatic carbocycles. The van der Waals surface area contributed by atoms with Gasteiger partial charge in [0.05, 0.1) is 10.5 Å². The Hall–Kier alpha value is -2.11. The van der Waals surface area contributed by atoms with Crippen molar-refractivity contribution in [1.82, 2.24) is 0 Å². The summed E-state index contributed by atoms with van der Waals surface area (Å²) in [5.74, 6) is -1.15. The zero-order valence-corrected chi connectivity index (χ0v) is 10.00. The summed E-state index contributed by atoms with van der Waals surface area (Å²) >= 11 is 0. The average molecular weight is 250 g/mol. The highest BCUT2D eigenvalue weighted by molar-refractivity contribution is 5.89. The fourth-order valence-electron chi connectivity index (χ4n) is 2.06. The van der Waals surface area contributed by atoms with Crippen molar-refractivity contribution in [3.05, 3.63) is 33.9 Å². The van der Waals surface area contributed by atoms with E-state index in [1.807, 2.05) is 11.8 Å². The molecule has 96 valence electrons. The zero-order chi connectivity index (χ0) is 13.3. The molecule has 0 aliphatic heterocycles. The minimum absolute atomic E-state index is 0.0581. The number of benzene rings is 1. The van der Waals surface area contributed by atoms with Gasteiger partial charge in [0, 0.05) is 18.7 Å². The third kappa shape index (κ3) is 2.27. The molecule has 0 radical (unpaired) electrons. The van der Waals surface area contributed by atoms with E-state index >= 15 is 0 Å². The third-order valence-corrected chi connectivity index (χ3v) is 3.06. The highest BCUT2D eigenvalue weighted by atomic mass is 16.6. The van der Waals surface area contributed by atoms with Crippen molar-refractivity contribution in [2.75, 3.05) is 11.4 Å². The van der Waals surface area contributed by atoms with Crippen LogP contribution in [0.25, 0.3) is 0 Å². The largest absolute Gasteiger partial charge is 0.478 e. The van der Waals surface area contributed by atoms with Gasteiger partial charge in [-0.1, -0.05) is 0 Å². The Bertz CT molecular complexity index is 497. The lowest BCUT2D eigenvalue weighted by molar-refractivity contribution is -0.384. The summed E-state index contributed by atoms with van der Waals surface area (Å²) in [5.41, 5.74) is 0.316. The minimum Gasteiger partial charge on any atom is -0.478 e. The summed E-state index contributed by atoms with van der Waals surface area (Å²) in [6.07, 6.45) is 2.07. The molecule has 6 heteroatoms. The number of nitro benzene ring substituents is 1. The summed E-state index contributed by atoms with van der Waals surface area (Å²) in [6.45, 7) is 2.62. The summed E-state index contributed by atoms with van der Waals surface area (Å²) in [7, 11) is 0. The Morgan fingerprint density at radius 3 is 2.67 bits per heavy atom. The first-order valence-electron chi connectivity index (χ1n) is 5.83. The topological polar surface area (TPSA) is 83.7 Å². The number of anilines is 1. The zero-order valence-electron chi connectivity index (χ0n) is 10.00. The first kappa shape index (κ1) is 12.3. The van der Waals surface area contributed by atoms with E-state index in [4.69, 9.17) is 5.11 Å². The Labute approximate surface area is 104 Å². The smallest absolute Gasteiger partial charge is 0.335 e. The maximum atomic E-state index is 11.0. The van der Waals surface area contributed by atoms with Crippen LogP contribution < -0.4 is 4.90 Å². The number of nitrogens with zero attached hydrogens (tertiary/aromatic N) is 2. The lowest BCUT2D eigenvalue weighted by Crippen LogP contribution is -2.25. The van der Waals surface area contributed by atoms with Crippen LogP contribution in [0.3, 0.4) is 0 Å². The molecule has 0 bridgehead atoms. The fourth-order valence-corrected chi connectivity index (χ4v) is 2.06. The number of aromatic carboxylic acids is 1. The highest BCUT2D eigenvalue weighted by Crippen LogP contribution is 2.37. The first-order valence-corrected chi connectivity index (χ1v) is 5.83. The molecule has 0 saturated heterocycles. The molecule has 0 atom stereocenters. The molecule has 0 aromatic heterocycles. The van der Waals surface area contributed by atoms with Crippen molar-refractivity contribution in [3.8, 4) is 0 Å². The van der Waals surface area contributed by atoms with E-state index in [0.717, 1.165) is 18.9 Å². The predicted octanol–water partition coefficient (Wildman–Crippen LogP) is 2.28. The van der Waals surface area contributed by atoms with Crippen LogP contribution in [0.5, 0.6) is 0 Å². The summed E-state index contributed by atoms with van der Waals surface area (Å²) < 4.78 is 0. The molecular weight excluding hydrogens is 236 g/mol. The van der Waals surface area contributed by atoms with Crippen LogP contribution in [0.4, 0.5) is 11.4 Å². The molecule has 1 N–H and O–H groups in total. The molecule has 1 saturated carbocycles. The quantitative estimate of drug-likeness (QED) is 0.640. The Balaban J connectivity index is 2.45. The van der Waals surface area contributed by atoms with Gasteiger partial charge in [0.25, 0.3) is 5.69 Å². The Morgan fingerprint density at radius 1 is 1.56 bits per heavy atom. The number of hydrogen-bond donors (Lipinski definition) is 1. The molecule has 2 rings (SSSR count). The van der Waals surface area contributed by atoms with Gasteiger partial charge in [0.2, 0.25) is 0 Å². The fraction of sp³-hybridized carbons (Fsp3) is 0.417. The van der Waals surface area contributed by atoms with Gasteiger partial charge < -0.3 is 10.0 Å². The van der Waals surface area contributed by atoms with Crippen molar-refractivity contribution in [1.29, 1.82) is 0 Å². The Morgan fingerprint density at radius 2 is 2.22 bits per heavy atom. The van der Waals surface area contributed by atoms with Crippen molar-refractivity contribution in [2.45, 2.75) is 25.8 Å². The van der Waals surface area contributed by atoms with Crippen LogP contribution in [-0.2, 0) is 0 Å². The molecular formula is C12H14N2O4. The van der Waals surface area contributed by atoms with Gasteiger partial charge in [-0.15, -0.1) is 0 Å². The predicted molar refractivity (Wildman–Crippen MR) is 66.1 cm³/mol. The van der Waals surface area contributed by atoms with Crippen molar-refractivity contribution in [3.63, 3.8) is 0 Å². The molecule has 0 spiro atoms. The van der Waals surface area contributed by atoms with Gasteiger partial charge in [-0.2, -0.15) is 0 Å². The van der Waals surface area contributed by atoms with Gasteiger partial charge in [-0.05, 0) is 31.9 Å². The molecule has 1 aromatic carbocycles. The van der Waals surface area contributed by atoms with Gasteiger partial charge >= 0.3 is 5.97 Å². The van der Waals surface area contributed by atoms with E-state index < -0.39 is 10.9 Å². The van der Waals surface area contributed by atoms with Gasteiger partial charge in [-0.25, -0.2) is 4.79 Å². The van der Waals surface area contributed by atoms with Crippen LogP contribution in [0.1, 0.15) is 30.1 Å². The summed E-state index contributed by atoms with van der Waals surface area (Å²) in [6, 6.07) is 4.42. The van der Waals surface area contributed by atoms with E-state index in [0.29, 0.717) is 18.3 Å². The highest BCUT2D eigenvalue weighted by Gasteiger charge is 2.32. The lowest BCUT2D eigenvalue weighted by Gasteiger charge is -2.22. The van der Waals surface area contributed by atoms with E-state index in [2.05, 4.69) is 0 Å². The molecule has 1 aliphatic rings. The average Bonchev–Trinajstić information content (AvgIpc) is 3.14. The monoisotopic (exact) mass is 250 g/mol. The van der Waals surface area contributed by atoms with Crippen LogP contribution >= 0.6 is 0 Å². The molecule has 0 amide bonds. The van der Waals surface area contributed by atoms with Crippen molar-refractivity contribution >= 4 is 17.3 Å². The van der Waals surface area contributed by atoms with E-state index in [9.17, 15) is 14.9 Å². The first-order chi connectivity index (χ1) is 8.54. The van der Waals surface area contributed by atoms with Crippen LogP contribution in [0.2, 0.25) is 0 Å².